The largest absolute Gasteiger partial charge is 0.327 e. The Morgan fingerprint density at radius 1 is 1.23 bits per heavy atom. The molecular formula is C11H22N2. The van der Waals surface area contributed by atoms with Gasteiger partial charge in [0.1, 0.15) is 0 Å². The molecule has 0 radical (unpaired) electrons. The van der Waals surface area contributed by atoms with Crippen LogP contribution in [0.1, 0.15) is 32.6 Å². The van der Waals surface area contributed by atoms with Crippen LogP contribution in [-0.2, 0) is 0 Å². The van der Waals surface area contributed by atoms with E-state index < -0.39 is 0 Å². The molecule has 2 rings (SSSR count). The first kappa shape index (κ1) is 9.47. The van der Waals surface area contributed by atoms with Crippen LogP contribution in [0.2, 0.25) is 0 Å². The van der Waals surface area contributed by atoms with Gasteiger partial charge in [0.25, 0.3) is 0 Å². The minimum atomic E-state index is 0.442. The van der Waals surface area contributed by atoms with E-state index in [0.29, 0.717) is 6.04 Å². The van der Waals surface area contributed by atoms with E-state index in [-0.39, 0.29) is 0 Å². The number of piperidine rings is 1. The number of likely N-dealkylation sites (tertiary alicyclic amines) is 1. The predicted molar refractivity (Wildman–Crippen MR) is 55.5 cm³/mol. The molecule has 76 valence electrons. The third-order valence-electron chi connectivity index (χ3n) is 3.44. The summed E-state index contributed by atoms with van der Waals surface area (Å²) >= 11 is 0. The molecule has 1 saturated carbocycles. The Kier molecular flexibility index (Phi) is 2.89. The van der Waals surface area contributed by atoms with Gasteiger partial charge in [0.05, 0.1) is 0 Å². The predicted octanol–water partition coefficient (Wildman–Crippen LogP) is 1.46. The Morgan fingerprint density at radius 2 is 2.00 bits per heavy atom. The fourth-order valence-electron chi connectivity index (χ4n) is 2.46. The lowest BCUT2D eigenvalue weighted by atomic mass is 9.92. The number of nitrogens with zero attached hydrogens (tertiary/aromatic N) is 1. The van der Waals surface area contributed by atoms with Crippen molar-refractivity contribution in [2.45, 2.75) is 38.6 Å². The molecular weight excluding hydrogens is 160 g/mol. The van der Waals surface area contributed by atoms with Crippen molar-refractivity contribution >= 4 is 0 Å². The van der Waals surface area contributed by atoms with Gasteiger partial charge in [0, 0.05) is 25.7 Å². The summed E-state index contributed by atoms with van der Waals surface area (Å²) in [6.07, 6.45) is 5.47. The molecule has 1 aliphatic carbocycles. The van der Waals surface area contributed by atoms with Crippen molar-refractivity contribution in [3.8, 4) is 0 Å². The zero-order valence-electron chi connectivity index (χ0n) is 8.71. The highest BCUT2D eigenvalue weighted by Crippen LogP contribution is 2.31. The molecule has 2 aliphatic rings. The third kappa shape index (κ3) is 2.68. The van der Waals surface area contributed by atoms with E-state index in [0.717, 1.165) is 18.4 Å². The summed E-state index contributed by atoms with van der Waals surface area (Å²) < 4.78 is 0. The second kappa shape index (κ2) is 3.97. The van der Waals surface area contributed by atoms with E-state index in [2.05, 4.69) is 11.8 Å². The van der Waals surface area contributed by atoms with Crippen molar-refractivity contribution < 1.29 is 0 Å². The van der Waals surface area contributed by atoms with Gasteiger partial charge in [0.15, 0.2) is 0 Å². The molecule has 0 aromatic heterocycles. The van der Waals surface area contributed by atoms with E-state index in [9.17, 15) is 0 Å². The van der Waals surface area contributed by atoms with Gasteiger partial charge < -0.3 is 10.6 Å². The Labute approximate surface area is 81.5 Å². The van der Waals surface area contributed by atoms with Crippen molar-refractivity contribution in [2.24, 2.45) is 17.6 Å². The molecule has 0 aromatic carbocycles. The fourth-order valence-corrected chi connectivity index (χ4v) is 2.46. The average Bonchev–Trinajstić information content (AvgIpc) is 2.87. The van der Waals surface area contributed by atoms with Gasteiger partial charge in [-0.15, -0.1) is 0 Å². The molecule has 2 atom stereocenters. The van der Waals surface area contributed by atoms with Crippen LogP contribution in [0.3, 0.4) is 0 Å². The number of hydrogen-bond acceptors (Lipinski definition) is 2. The molecule has 2 heteroatoms. The minimum absolute atomic E-state index is 0.442. The molecule has 2 fully saturated rings. The molecule has 13 heavy (non-hydrogen) atoms. The standard InChI is InChI=1S/C11H22N2/c1-2-9-5-11(12)8-13(6-9)7-10-3-4-10/h9-11H,2-8,12H2,1H3. The van der Waals surface area contributed by atoms with Crippen LogP contribution in [0.4, 0.5) is 0 Å². The van der Waals surface area contributed by atoms with Crippen LogP contribution < -0.4 is 5.73 Å². The molecule has 0 amide bonds. The van der Waals surface area contributed by atoms with Gasteiger partial charge in [-0.25, -0.2) is 0 Å². The van der Waals surface area contributed by atoms with Crippen molar-refractivity contribution in [3.05, 3.63) is 0 Å². The van der Waals surface area contributed by atoms with Crippen LogP contribution in [-0.4, -0.2) is 30.6 Å². The highest BCUT2D eigenvalue weighted by atomic mass is 15.2. The molecule has 2 unspecified atom stereocenters. The lowest BCUT2D eigenvalue weighted by Gasteiger charge is -2.36. The van der Waals surface area contributed by atoms with Crippen molar-refractivity contribution in [1.29, 1.82) is 0 Å². The minimum Gasteiger partial charge on any atom is -0.327 e. The van der Waals surface area contributed by atoms with E-state index >= 15 is 0 Å². The second-order valence-corrected chi connectivity index (χ2v) is 4.93. The van der Waals surface area contributed by atoms with Gasteiger partial charge in [-0.2, -0.15) is 0 Å². The molecule has 1 aliphatic heterocycles. The first-order chi connectivity index (χ1) is 6.28. The lowest BCUT2D eigenvalue weighted by Crippen LogP contribution is -2.47. The Morgan fingerprint density at radius 3 is 2.62 bits per heavy atom. The zero-order chi connectivity index (χ0) is 9.26. The van der Waals surface area contributed by atoms with Crippen LogP contribution in [0, 0.1) is 11.8 Å². The van der Waals surface area contributed by atoms with E-state index in [1.54, 1.807) is 0 Å². The Balaban J connectivity index is 1.80. The summed E-state index contributed by atoms with van der Waals surface area (Å²) in [5.41, 5.74) is 6.05. The van der Waals surface area contributed by atoms with Gasteiger partial charge >= 0.3 is 0 Å². The van der Waals surface area contributed by atoms with E-state index in [1.165, 1.54) is 38.8 Å². The SMILES string of the molecule is CCC1CC(N)CN(CC2CC2)C1. The summed E-state index contributed by atoms with van der Waals surface area (Å²) in [5, 5.41) is 0. The topological polar surface area (TPSA) is 29.3 Å². The monoisotopic (exact) mass is 182 g/mol. The normalized spacial score (nSPS) is 36.5. The fraction of sp³-hybridized carbons (Fsp3) is 1.00. The quantitative estimate of drug-likeness (QED) is 0.716. The Hall–Kier alpha value is -0.0800. The van der Waals surface area contributed by atoms with Gasteiger partial charge in [0.2, 0.25) is 0 Å². The summed E-state index contributed by atoms with van der Waals surface area (Å²) in [4.78, 5) is 2.60. The molecule has 0 bridgehead atoms. The molecule has 1 heterocycles. The summed E-state index contributed by atoms with van der Waals surface area (Å²) in [7, 11) is 0. The maximum atomic E-state index is 6.05. The van der Waals surface area contributed by atoms with Crippen LogP contribution >= 0.6 is 0 Å². The molecule has 2 N–H and O–H groups in total. The van der Waals surface area contributed by atoms with Crippen LogP contribution in [0.15, 0.2) is 0 Å². The maximum absolute atomic E-state index is 6.05. The van der Waals surface area contributed by atoms with Crippen LogP contribution in [0.5, 0.6) is 0 Å². The first-order valence-electron chi connectivity index (χ1n) is 5.76. The summed E-state index contributed by atoms with van der Waals surface area (Å²) in [6.45, 7) is 6.07. The molecule has 0 aromatic rings. The lowest BCUT2D eigenvalue weighted by molar-refractivity contribution is 0.148. The van der Waals surface area contributed by atoms with Gasteiger partial charge in [-0.1, -0.05) is 13.3 Å². The first-order valence-corrected chi connectivity index (χ1v) is 5.76. The Bertz CT molecular complexity index is 163. The zero-order valence-corrected chi connectivity index (χ0v) is 8.71. The van der Waals surface area contributed by atoms with Crippen molar-refractivity contribution in [1.82, 2.24) is 4.90 Å². The summed E-state index contributed by atoms with van der Waals surface area (Å²) in [5.74, 6) is 1.88. The van der Waals surface area contributed by atoms with Crippen LogP contribution in [0.25, 0.3) is 0 Å². The highest BCUT2D eigenvalue weighted by molar-refractivity contribution is 4.84. The molecule has 0 spiro atoms. The van der Waals surface area contributed by atoms with Crippen molar-refractivity contribution in [2.75, 3.05) is 19.6 Å². The summed E-state index contributed by atoms with van der Waals surface area (Å²) in [6, 6.07) is 0.442. The number of rotatable bonds is 3. The van der Waals surface area contributed by atoms with Gasteiger partial charge in [-0.05, 0) is 31.1 Å². The van der Waals surface area contributed by atoms with Gasteiger partial charge in [-0.3, -0.25) is 0 Å². The van der Waals surface area contributed by atoms with E-state index in [1.807, 2.05) is 0 Å². The number of nitrogens with two attached hydrogens (primary N) is 1. The van der Waals surface area contributed by atoms with E-state index in [4.69, 9.17) is 5.73 Å². The maximum Gasteiger partial charge on any atom is 0.0170 e. The second-order valence-electron chi connectivity index (χ2n) is 4.93. The van der Waals surface area contributed by atoms with Crippen molar-refractivity contribution in [3.63, 3.8) is 0 Å². The molecule has 2 nitrogen and oxygen atoms in total. The number of hydrogen-bond donors (Lipinski definition) is 1. The molecule has 1 saturated heterocycles. The highest BCUT2D eigenvalue weighted by Gasteiger charge is 2.29. The third-order valence-corrected chi connectivity index (χ3v) is 3.44. The average molecular weight is 182 g/mol. The smallest absolute Gasteiger partial charge is 0.0170 e.